The van der Waals surface area contributed by atoms with E-state index in [2.05, 4.69) is 15.2 Å². The Morgan fingerprint density at radius 3 is 2.96 bits per heavy atom. The predicted molar refractivity (Wildman–Crippen MR) is 91.7 cm³/mol. The lowest BCUT2D eigenvalue weighted by atomic mass is 9.92. The van der Waals surface area contributed by atoms with Gasteiger partial charge in [0, 0.05) is 30.5 Å². The molecule has 1 saturated heterocycles. The number of nitrogens with one attached hydrogen (secondary N) is 1. The van der Waals surface area contributed by atoms with Crippen LogP contribution in [-0.4, -0.2) is 37.2 Å². The quantitative estimate of drug-likeness (QED) is 0.905. The van der Waals surface area contributed by atoms with Crippen LogP contribution in [0.5, 0.6) is 0 Å². The summed E-state index contributed by atoms with van der Waals surface area (Å²) in [5.74, 6) is 0.712. The number of rotatable bonds is 2. The molecule has 1 aromatic carbocycles. The Morgan fingerprint density at radius 1 is 1.35 bits per heavy atom. The van der Waals surface area contributed by atoms with Crippen molar-refractivity contribution >= 4 is 39.8 Å². The number of nitrogens with zero attached hydrogens (tertiary/aromatic N) is 2. The van der Waals surface area contributed by atoms with Crippen molar-refractivity contribution in [1.29, 1.82) is 0 Å². The monoisotopic (exact) mass is 349 g/mol. The number of amides is 1. The molecule has 7 heteroatoms. The van der Waals surface area contributed by atoms with E-state index in [0.29, 0.717) is 30.5 Å². The summed E-state index contributed by atoms with van der Waals surface area (Å²) >= 11 is 7.77. The van der Waals surface area contributed by atoms with Gasteiger partial charge >= 0.3 is 0 Å². The molecule has 120 valence electrons. The van der Waals surface area contributed by atoms with Crippen molar-refractivity contribution in [2.24, 2.45) is 0 Å². The first-order valence-electron chi connectivity index (χ1n) is 7.59. The zero-order chi connectivity index (χ0) is 15.8. The number of benzene rings is 1. The lowest BCUT2D eigenvalue weighted by Crippen LogP contribution is -2.36. The zero-order valence-corrected chi connectivity index (χ0v) is 14.0. The van der Waals surface area contributed by atoms with Crippen LogP contribution in [0.25, 0.3) is 0 Å². The number of anilines is 2. The Kier molecular flexibility index (Phi) is 3.97. The third-order valence-corrected chi connectivity index (χ3v) is 5.60. The molecule has 4 rings (SSSR count). The number of morpholine rings is 1. The first-order valence-corrected chi connectivity index (χ1v) is 8.79. The third-order valence-electron chi connectivity index (χ3n) is 4.14. The molecule has 0 unspecified atom stereocenters. The second-order valence-corrected chi connectivity index (χ2v) is 7.11. The standard InChI is InChI=1S/C16H16ClN3O2S/c17-11-3-1-2-10(8-11)12-9-13(21)18-15-14(12)23-16(19-15)20-4-6-22-7-5-20/h1-3,8,12H,4-7,9H2,(H,18,21)/t12-/m0/s1. The molecule has 2 aliphatic heterocycles. The van der Waals surface area contributed by atoms with Gasteiger partial charge in [0.1, 0.15) is 5.82 Å². The Bertz CT molecular complexity index is 743. The number of carbonyl (C=O) groups is 1. The van der Waals surface area contributed by atoms with Crippen LogP contribution >= 0.6 is 22.9 Å². The number of ether oxygens (including phenoxy) is 1. The number of aromatic nitrogens is 1. The number of halogens is 1. The minimum absolute atomic E-state index is 0.00121. The molecule has 23 heavy (non-hydrogen) atoms. The summed E-state index contributed by atoms with van der Waals surface area (Å²) in [6.07, 6.45) is 0.429. The summed E-state index contributed by atoms with van der Waals surface area (Å²) in [4.78, 5) is 20.0. The van der Waals surface area contributed by atoms with Gasteiger partial charge in [-0.1, -0.05) is 35.1 Å². The maximum absolute atomic E-state index is 12.1. The molecule has 1 aromatic heterocycles. The van der Waals surface area contributed by atoms with Gasteiger partial charge in [-0.2, -0.15) is 0 Å². The smallest absolute Gasteiger partial charge is 0.226 e. The highest BCUT2D eigenvalue weighted by atomic mass is 35.5. The summed E-state index contributed by atoms with van der Waals surface area (Å²) in [7, 11) is 0. The number of hydrogen-bond donors (Lipinski definition) is 1. The molecule has 0 spiro atoms. The number of hydrogen-bond acceptors (Lipinski definition) is 5. The molecule has 0 bridgehead atoms. The topological polar surface area (TPSA) is 54.5 Å². The number of fused-ring (bicyclic) bond motifs is 1. The van der Waals surface area contributed by atoms with E-state index in [9.17, 15) is 4.79 Å². The highest BCUT2D eigenvalue weighted by Crippen LogP contribution is 2.43. The lowest BCUT2D eigenvalue weighted by Gasteiger charge is -2.26. The molecule has 2 aromatic rings. The molecule has 0 aliphatic carbocycles. The number of carbonyl (C=O) groups excluding carboxylic acids is 1. The largest absolute Gasteiger partial charge is 0.378 e. The maximum Gasteiger partial charge on any atom is 0.226 e. The summed E-state index contributed by atoms with van der Waals surface area (Å²) in [5, 5.41) is 4.54. The Balaban J connectivity index is 1.71. The van der Waals surface area contributed by atoms with E-state index in [1.54, 1.807) is 11.3 Å². The fourth-order valence-electron chi connectivity index (χ4n) is 2.99. The van der Waals surface area contributed by atoms with Gasteiger partial charge in [-0.25, -0.2) is 4.98 Å². The molecule has 1 N–H and O–H groups in total. The van der Waals surface area contributed by atoms with E-state index in [1.165, 1.54) is 0 Å². The van der Waals surface area contributed by atoms with E-state index in [-0.39, 0.29) is 11.8 Å². The normalized spacial score (nSPS) is 21.0. The first-order chi connectivity index (χ1) is 11.2. The first kappa shape index (κ1) is 14.9. The van der Waals surface area contributed by atoms with E-state index in [0.717, 1.165) is 28.7 Å². The van der Waals surface area contributed by atoms with Crippen LogP contribution in [0.4, 0.5) is 10.9 Å². The van der Waals surface area contributed by atoms with Crippen LogP contribution in [0.15, 0.2) is 24.3 Å². The van der Waals surface area contributed by atoms with Crippen molar-refractivity contribution in [3.8, 4) is 0 Å². The fraction of sp³-hybridized carbons (Fsp3) is 0.375. The lowest BCUT2D eigenvalue weighted by molar-refractivity contribution is -0.116. The third kappa shape index (κ3) is 2.94. The maximum atomic E-state index is 12.1. The molecule has 0 saturated carbocycles. The molecule has 1 atom stereocenters. The van der Waals surface area contributed by atoms with Crippen molar-refractivity contribution in [1.82, 2.24) is 4.98 Å². The van der Waals surface area contributed by atoms with Crippen molar-refractivity contribution < 1.29 is 9.53 Å². The van der Waals surface area contributed by atoms with Crippen LogP contribution in [0, 0.1) is 0 Å². The van der Waals surface area contributed by atoms with Crippen molar-refractivity contribution in [3.63, 3.8) is 0 Å². The molecule has 2 aliphatic rings. The number of thiazole rings is 1. The summed E-state index contributed by atoms with van der Waals surface area (Å²) in [6.45, 7) is 3.10. The van der Waals surface area contributed by atoms with E-state index >= 15 is 0 Å². The van der Waals surface area contributed by atoms with Crippen LogP contribution in [0.1, 0.15) is 22.8 Å². The highest BCUT2D eigenvalue weighted by molar-refractivity contribution is 7.16. The summed E-state index contributed by atoms with van der Waals surface area (Å²) < 4.78 is 5.39. The van der Waals surface area contributed by atoms with Gasteiger partial charge in [-0.05, 0) is 17.7 Å². The van der Waals surface area contributed by atoms with Gasteiger partial charge in [0.2, 0.25) is 5.91 Å². The van der Waals surface area contributed by atoms with Gasteiger partial charge in [0.25, 0.3) is 0 Å². The molecular weight excluding hydrogens is 334 g/mol. The van der Waals surface area contributed by atoms with Crippen molar-refractivity contribution in [2.75, 3.05) is 36.5 Å². The molecule has 5 nitrogen and oxygen atoms in total. The van der Waals surface area contributed by atoms with Gasteiger partial charge in [-0.15, -0.1) is 0 Å². The Labute approximate surface area is 143 Å². The second kappa shape index (κ2) is 6.11. The Hall–Kier alpha value is -1.63. The highest BCUT2D eigenvalue weighted by Gasteiger charge is 2.31. The molecule has 3 heterocycles. The van der Waals surface area contributed by atoms with Crippen LogP contribution in [0.3, 0.4) is 0 Å². The van der Waals surface area contributed by atoms with Gasteiger partial charge in [0.05, 0.1) is 18.1 Å². The molecular formula is C16H16ClN3O2S. The fourth-order valence-corrected chi connectivity index (χ4v) is 4.39. The average molecular weight is 350 g/mol. The molecule has 1 fully saturated rings. The van der Waals surface area contributed by atoms with Crippen LogP contribution < -0.4 is 10.2 Å². The minimum atomic E-state index is 0.00121. The van der Waals surface area contributed by atoms with E-state index < -0.39 is 0 Å². The van der Waals surface area contributed by atoms with E-state index in [1.807, 2.05) is 24.3 Å². The summed E-state index contributed by atoms with van der Waals surface area (Å²) in [5.41, 5.74) is 1.06. The van der Waals surface area contributed by atoms with Gasteiger partial charge in [0.15, 0.2) is 5.13 Å². The zero-order valence-electron chi connectivity index (χ0n) is 12.4. The van der Waals surface area contributed by atoms with Gasteiger partial charge < -0.3 is 15.0 Å². The van der Waals surface area contributed by atoms with E-state index in [4.69, 9.17) is 16.3 Å². The SMILES string of the molecule is O=C1C[C@@H](c2cccc(Cl)c2)c2sc(N3CCOCC3)nc2N1. The van der Waals surface area contributed by atoms with Crippen molar-refractivity contribution in [3.05, 3.63) is 39.7 Å². The minimum Gasteiger partial charge on any atom is -0.378 e. The Morgan fingerprint density at radius 2 is 2.17 bits per heavy atom. The van der Waals surface area contributed by atoms with Crippen LogP contribution in [0.2, 0.25) is 5.02 Å². The second-order valence-electron chi connectivity index (χ2n) is 5.67. The van der Waals surface area contributed by atoms with Gasteiger partial charge in [-0.3, -0.25) is 4.79 Å². The summed E-state index contributed by atoms with van der Waals surface area (Å²) in [6, 6.07) is 7.73. The molecule has 1 amide bonds. The predicted octanol–water partition coefficient (Wildman–Crippen LogP) is 3.11. The average Bonchev–Trinajstić information content (AvgIpc) is 2.98. The van der Waals surface area contributed by atoms with Crippen molar-refractivity contribution in [2.45, 2.75) is 12.3 Å². The van der Waals surface area contributed by atoms with Crippen LogP contribution in [-0.2, 0) is 9.53 Å². The molecule has 0 radical (unpaired) electrons.